The van der Waals surface area contributed by atoms with E-state index in [1.54, 1.807) is 6.20 Å². The Bertz CT molecular complexity index is 410. The van der Waals surface area contributed by atoms with Crippen LogP contribution in [0.25, 0.3) is 0 Å². The highest BCUT2D eigenvalue weighted by atomic mass is 16.3. The molecule has 1 aliphatic rings. The van der Waals surface area contributed by atoms with E-state index in [4.69, 9.17) is 0 Å². The Morgan fingerprint density at radius 2 is 2.33 bits per heavy atom. The van der Waals surface area contributed by atoms with E-state index in [0.717, 1.165) is 23.5 Å². The third-order valence-electron chi connectivity index (χ3n) is 2.51. The van der Waals surface area contributed by atoms with Gasteiger partial charge in [-0.2, -0.15) is 0 Å². The van der Waals surface area contributed by atoms with Gasteiger partial charge in [0.2, 0.25) is 0 Å². The van der Waals surface area contributed by atoms with Gasteiger partial charge in [-0.3, -0.25) is 0 Å². The van der Waals surface area contributed by atoms with Crippen molar-refractivity contribution in [3.05, 3.63) is 47.8 Å². The van der Waals surface area contributed by atoms with Crippen molar-refractivity contribution in [3.8, 4) is 0 Å². The van der Waals surface area contributed by atoms with E-state index in [0.29, 0.717) is 0 Å². The summed E-state index contributed by atoms with van der Waals surface area (Å²) in [6, 6.07) is 1.92. The van der Waals surface area contributed by atoms with Crippen LogP contribution in [0.15, 0.2) is 36.7 Å². The monoisotopic (exact) mass is 202 g/mol. The number of aliphatic hydroxyl groups excluding tert-OH is 1. The van der Waals surface area contributed by atoms with Gasteiger partial charge in [-0.1, -0.05) is 12.2 Å². The smallest absolute Gasteiger partial charge is 0.138 e. The fraction of sp³-hybridized carbons (Fsp3) is 0.250. The van der Waals surface area contributed by atoms with E-state index in [1.807, 2.05) is 36.2 Å². The normalized spacial score (nSPS) is 14.7. The predicted molar refractivity (Wildman–Crippen MR) is 60.5 cm³/mol. The summed E-state index contributed by atoms with van der Waals surface area (Å²) in [4.78, 5) is 6.34. The van der Waals surface area contributed by atoms with Gasteiger partial charge in [0.15, 0.2) is 0 Å². The van der Waals surface area contributed by atoms with Crippen molar-refractivity contribution in [2.24, 2.45) is 0 Å². The minimum absolute atomic E-state index is 0.0308. The number of aliphatic hydroxyl groups is 1. The Balaban J connectivity index is 2.39. The lowest BCUT2D eigenvalue weighted by atomic mass is 10.1. The molecule has 0 saturated heterocycles. The molecular weight excluding hydrogens is 188 g/mol. The first-order valence-corrected chi connectivity index (χ1v) is 4.98. The summed E-state index contributed by atoms with van der Waals surface area (Å²) in [6.45, 7) is 2.82. The second kappa shape index (κ2) is 4.28. The third kappa shape index (κ3) is 1.92. The molecular formula is C12H14N2O. The van der Waals surface area contributed by atoms with Gasteiger partial charge in [-0.15, -0.1) is 0 Å². The number of rotatable bonds is 2. The van der Waals surface area contributed by atoms with Crippen molar-refractivity contribution >= 4 is 5.82 Å². The van der Waals surface area contributed by atoms with Gasteiger partial charge < -0.3 is 10.0 Å². The van der Waals surface area contributed by atoms with Crippen LogP contribution in [0.1, 0.15) is 11.1 Å². The zero-order valence-corrected chi connectivity index (χ0v) is 8.72. The van der Waals surface area contributed by atoms with Crippen LogP contribution >= 0.6 is 0 Å². The molecule has 0 fully saturated rings. The van der Waals surface area contributed by atoms with Gasteiger partial charge in [-0.25, -0.2) is 4.98 Å². The third-order valence-corrected chi connectivity index (χ3v) is 2.51. The van der Waals surface area contributed by atoms with E-state index >= 15 is 0 Å². The number of allylic oxidation sites excluding steroid dienone is 2. The lowest BCUT2D eigenvalue weighted by Gasteiger charge is -2.22. The maximum absolute atomic E-state index is 9.32. The summed E-state index contributed by atoms with van der Waals surface area (Å²) in [6.07, 6.45) is 9.78. The molecule has 0 aromatic carbocycles. The van der Waals surface area contributed by atoms with Crippen molar-refractivity contribution in [2.75, 3.05) is 11.4 Å². The molecule has 1 N–H and O–H groups in total. The molecule has 1 aromatic rings. The molecule has 1 aromatic heterocycles. The van der Waals surface area contributed by atoms with Crippen LogP contribution < -0.4 is 4.90 Å². The number of aryl methyl sites for hydroxylation is 1. The quantitative estimate of drug-likeness (QED) is 0.794. The zero-order valence-electron chi connectivity index (χ0n) is 8.72. The summed E-state index contributed by atoms with van der Waals surface area (Å²) >= 11 is 0. The van der Waals surface area contributed by atoms with Crippen LogP contribution in [0, 0.1) is 6.92 Å². The summed E-state index contributed by atoms with van der Waals surface area (Å²) in [5.41, 5.74) is 1.97. The maximum Gasteiger partial charge on any atom is 0.138 e. The number of hydrogen-bond acceptors (Lipinski definition) is 3. The van der Waals surface area contributed by atoms with E-state index in [-0.39, 0.29) is 6.61 Å². The molecule has 78 valence electrons. The number of anilines is 1. The number of hydrogen-bond donors (Lipinski definition) is 1. The molecule has 2 rings (SSSR count). The molecule has 0 atom stereocenters. The molecule has 0 amide bonds. The van der Waals surface area contributed by atoms with Crippen molar-refractivity contribution < 1.29 is 5.11 Å². The van der Waals surface area contributed by atoms with Gasteiger partial charge in [0.05, 0.1) is 6.61 Å². The maximum atomic E-state index is 9.32. The first kappa shape index (κ1) is 9.93. The lowest BCUT2D eigenvalue weighted by molar-refractivity contribution is 0.281. The molecule has 0 bridgehead atoms. The van der Waals surface area contributed by atoms with Crippen molar-refractivity contribution in [1.29, 1.82) is 0 Å². The van der Waals surface area contributed by atoms with Crippen LogP contribution in [0.2, 0.25) is 0 Å². The highest BCUT2D eigenvalue weighted by Gasteiger charge is 2.11. The van der Waals surface area contributed by atoms with Crippen molar-refractivity contribution in [3.63, 3.8) is 0 Å². The molecule has 1 aliphatic heterocycles. The fourth-order valence-electron chi connectivity index (χ4n) is 1.64. The van der Waals surface area contributed by atoms with Gasteiger partial charge in [0.25, 0.3) is 0 Å². The molecule has 0 radical (unpaired) electrons. The van der Waals surface area contributed by atoms with E-state index in [2.05, 4.69) is 11.1 Å². The molecule has 15 heavy (non-hydrogen) atoms. The van der Waals surface area contributed by atoms with Gasteiger partial charge >= 0.3 is 0 Å². The van der Waals surface area contributed by atoms with Crippen molar-refractivity contribution in [2.45, 2.75) is 13.5 Å². The minimum atomic E-state index is 0.0308. The molecule has 0 aliphatic carbocycles. The molecule has 0 spiro atoms. The zero-order chi connectivity index (χ0) is 10.7. The van der Waals surface area contributed by atoms with Gasteiger partial charge in [-0.05, 0) is 24.6 Å². The Labute approximate surface area is 89.4 Å². The van der Waals surface area contributed by atoms with Gasteiger partial charge in [0, 0.05) is 24.5 Å². The number of pyridine rings is 1. The Kier molecular flexibility index (Phi) is 2.83. The summed E-state index contributed by atoms with van der Waals surface area (Å²) in [5.74, 6) is 0.845. The highest BCUT2D eigenvalue weighted by molar-refractivity contribution is 5.53. The standard InChI is InChI=1S/C12H14N2O/c1-10-5-6-13-12(11(10)9-15)14-7-3-2-4-8-14/h2-7,15H,8-9H2,1H3. The Morgan fingerprint density at radius 1 is 1.47 bits per heavy atom. The topological polar surface area (TPSA) is 36.4 Å². The lowest BCUT2D eigenvalue weighted by Crippen LogP contribution is -2.20. The fourth-order valence-corrected chi connectivity index (χ4v) is 1.64. The van der Waals surface area contributed by atoms with Crippen LogP contribution in [0.4, 0.5) is 5.82 Å². The average molecular weight is 202 g/mol. The average Bonchev–Trinajstić information content (AvgIpc) is 2.30. The summed E-state index contributed by atoms with van der Waals surface area (Å²) in [5, 5.41) is 9.32. The second-order valence-corrected chi connectivity index (χ2v) is 3.51. The van der Waals surface area contributed by atoms with E-state index in [9.17, 15) is 5.11 Å². The molecule has 0 unspecified atom stereocenters. The van der Waals surface area contributed by atoms with Crippen molar-refractivity contribution in [1.82, 2.24) is 4.98 Å². The first-order chi connectivity index (χ1) is 7.33. The van der Waals surface area contributed by atoms with Crippen LogP contribution in [-0.2, 0) is 6.61 Å². The van der Waals surface area contributed by atoms with Crippen LogP contribution in [0.5, 0.6) is 0 Å². The van der Waals surface area contributed by atoms with E-state index < -0.39 is 0 Å². The Hall–Kier alpha value is -1.61. The number of aromatic nitrogens is 1. The predicted octanol–water partition coefficient (Wildman–Crippen LogP) is 1.77. The molecule has 3 heteroatoms. The van der Waals surface area contributed by atoms with Gasteiger partial charge in [0.1, 0.15) is 5.82 Å². The highest BCUT2D eigenvalue weighted by Crippen LogP contribution is 2.22. The summed E-state index contributed by atoms with van der Waals surface area (Å²) in [7, 11) is 0. The molecule has 3 nitrogen and oxygen atoms in total. The Morgan fingerprint density at radius 3 is 3.00 bits per heavy atom. The van der Waals surface area contributed by atoms with E-state index in [1.165, 1.54) is 0 Å². The van der Waals surface area contributed by atoms with Crippen LogP contribution in [-0.4, -0.2) is 16.6 Å². The molecule has 2 heterocycles. The summed E-state index contributed by atoms with van der Waals surface area (Å²) < 4.78 is 0. The molecule has 0 saturated carbocycles. The minimum Gasteiger partial charge on any atom is -0.392 e. The first-order valence-electron chi connectivity index (χ1n) is 4.98. The largest absolute Gasteiger partial charge is 0.392 e. The number of nitrogens with zero attached hydrogens (tertiary/aromatic N) is 2. The SMILES string of the molecule is Cc1ccnc(N2C=CC=CC2)c1CO. The second-order valence-electron chi connectivity index (χ2n) is 3.51. The van der Waals surface area contributed by atoms with Crippen LogP contribution in [0.3, 0.4) is 0 Å².